The van der Waals surface area contributed by atoms with Gasteiger partial charge >= 0.3 is 5.97 Å². The van der Waals surface area contributed by atoms with Gasteiger partial charge in [-0.25, -0.2) is 4.79 Å². The highest BCUT2D eigenvalue weighted by atomic mass is 16.6. The minimum atomic E-state index is -2.43. The predicted molar refractivity (Wildman–Crippen MR) is 274 cm³/mol. The summed E-state index contributed by atoms with van der Waals surface area (Å²) < 4.78 is 36.3. The van der Waals surface area contributed by atoms with Crippen molar-refractivity contribution in [2.45, 2.75) is 187 Å². The smallest absolute Gasteiger partial charge is 0.329 e. The summed E-state index contributed by atoms with van der Waals surface area (Å²) in [7, 11) is 4.66. The lowest BCUT2D eigenvalue weighted by molar-refractivity contribution is -0.265. The molecule has 72 heavy (non-hydrogen) atoms. The van der Waals surface area contributed by atoms with Gasteiger partial charge in [0.05, 0.1) is 31.0 Å². The lowest BCUT2D eigenvalue weighted by Crippen LogP contribution is -2.61. The van der Waals surface area contributed by atoms with Gasteiger partial charge in [0.1, 0.15) is 30.1 Å². The van der Waals surface area contributed by atoms with Crippen molar-refractivity contribution < 1.29 is 62.6 Å². The van der Waals surface area contributed by atoms with Crippen LogP contribution in [0, 0.1) is 35.5 Å². The number of Topliss-reactive ketones (excluding diaryl/α,β-unsaturated/α-hetero) is 3. The molecule has 2 bridgehead atoms. The Hall–Kier alpha value is -4.15. The highest BCUT2D eigenvalue weighted by molar-refractivity contribution is 6.39. The van der Waals surface area contributed by atoms with E-state index in [4.69, 9.17) is 28.4 Å². The standard InChI is InChI=1S/C58H85NO13/c1-36-19-13-11-14-20-37(2)49(67-8)33-45-26-24-42(7)58(66,72-45)55(63)56(64)59-28-18-17-23-46(59)57(65)71-50(34-47(60)38(3)30-41(6)53(62)54(69-10)52(61)40(5)29-36)39(4)31-44-25-27-48(51(32-44)68-9)70-35-43-21-15-12-16-22-43/h11-16,19-22,30,36,38-40,42,44-46,48-51,53-54,62,66H,17-18,23-29,31-35H2,1-10H3/b14-11+,19-13-,37-20+,41-30+/t36-,38-,39-,40-,42-,44-,45+,46+,48-,49+,50+,51-,53-,54+,58-/m1/s1. The van der Waals surface area contributed by atoms with E-state index in [-0.39, 0.29) is 60.9 Å². The monoisotopic (exact) mass is 1000 g/mol. The largest absolute Gasteiger partial charge is 0.460 e. The first-order valence-corrected chi connectivity index (χ1v) is 26.5. The SMILES string of the molecule is CO[C@H]1C[C@@H]2CC[C@@H](C)[C@@](O)(O2)C(=O)C(=O)N2CCCC[C@H]2C(=O)O[C@H]([C@H](C)C[C@H]2CC[C@@H](OCc3ccccc3)[C@H](OC)C2)CC(=O)[C@H](C)/C=C(\C)[C@@H](O)[C@@H](OC)C(=O)[C@H](C)C[C@H](C)\C=C/C=C/C=C/1C. The van der Waals surface area contributed by atoms with Crippen LogP contribution >= 0.6 is 0 Å². The number of ether oxygens (including phenoxy) is 6. The second-order valence-electron chi connectivity index (χ2n) is 21.4. The Kier molecular flexibility index (Phi) is 22.8. The zero-order chi connectivity index (χ0) is 52.7. The number of hydrogen-bond donors (Lipinski definition) is 2. The fourth-order valence-electron chi connectivity index (χ4n) is 11.1. The van der Waals surface area contributed by atoms with Gasteiger partial charge in [-0.2, -0.15) is 0 Å². The van der Waals surface area contributed by atoms with E-state index in [2.05, 4.69) is 0 Å². The molecule has 4 aliphatic rings. The number of piperidine rings is 1. The van der Waals surface area contributed by atoms with Crippen molar-refractivity contribution in [1.82, 2.24) is 4.90 Å². The number of esters is 1. The number of nitrogens with zero attached hydrogens (tertiary/aromatic N) is 1. The summed E-state index contributed by atoms with van der Waals surface area (Å²) in [5.41, 5.74) is 2.36. The van der Waals surface area contributed by atoms with Crippen molar-refractivity contribution in [2.75, 3.05) is 27.9 Å². The molecule has 15 atom stereocenters. The van der Waals surface area contributed by atoms with Crippen LogP contribution in [0.25, 0.3) is 0 Å². The van der Waals surface area contributed by atoms with E-state index in [0.717, 1.165) is 24.0 Å². The molecule has 3 heterocycles. The van der Waals surface area contributed by atoms with Crippen LogP contribution in [0.15, 0.2) is 77.9 Å². The number of rotatable bonds is 9. The molecular weight excluding hydrogens is 919 g/mol. The number of methoxy groups -OCH3 is 3. The summed E-state index contributed by atoms with van der Waals surface area (Å²) >= 11 is 0. The van der Waals surface area contributed by atoms with Gasteiger partial charge in [0.2, 0.25) is 5.79 Å². The number of ketones is 3. The molecule has 3 aliphatic heterocycles. The Bertz CT molecular complexity index is 2080. The van der Waals surface area contributed by atoms with Gasteiger partial charge in [0, 0.05) is 58.5 Å². The molecule has 2 N–H and O–H groups in total. The summed E-state index contributed by atoms with van der Waals surface area (Å²) in [5, 5.41) is 23.6. The zero-order valence-corrected chi connectivity index (χ0v) is 44.7. The Morgan fingerprint density at radius 2 is 1.56 bits per heavy atom. The number of benzene rings is 1. The van der Waals surface area contributed by atoms with Crippen LogP contribution in [0.4, 0.5) is 0 Å². The Morgan fingerprint density at radius 1 is 0.819 bits per heavy atom. The summed E-state index contributed by atoms with van der Waals surface area (Å²) in [4.78, 5) is 72.6. The van der Waals surface area contributed by atoms with Gasteiger partial charge < -0.3 is 43.5 Å². The molecule has 400 valence electrons. The van der Waals surface area contributed by atoms with E-state index >= 15 is 0 Å². The third-order valence-corrected chi connectivity index (χ3v) is 15.8. The van der Waals surface area contributed by atoms with Crippen molar-refractivity contribution >= 4 is 29.2 Å². The van der Waals surface area contributed by atoms with E-state index < -0.39 is 77.8 Å². The maximum Gasteiger partial charge on any atom is 0.329 e. The van der Waals surface area contributed by atoms with Crippen LogP contribution < -0.4 is 0 Å². The van der Waals surface area contributed by atoms with E-state index in [1.54, 1.807) is 41.1 Å². The minimum absolute atomic E-state index is 0.0186. The van der Waals surface area contributed by atoms with Crippen molar-refractivity contribution in [3.8, 4) is 0 Å². The second-order valence-corrected chi connectivity index (χ2v) is 21.4. The molecule has 2 saturated heterocycles. The van der Waals surface area contributed by atoms with Crippen LogP contribution in [-0.4, -0.2) is 127 Å². The fraction of sp³-hybridized carbons (Fsp3) is 0.672. The number of aliphatic hydroxyl groups is 2. The summed E-state index contributed by atoms with van der Waals surface area (Å²) in [6.07, 6.45) is 12.4. The average molecular weight is 1000 g/mol. The fourth-order valence-corrected chi connectivity index (χ4v) is 11.1. The molecule has 0 unspecified atom stereocenters. The van der Waals surface area contributed by atoms with Gasteiger partial charge in [-0.15, -0.1) is 0 Å². The van der Waals surface area contributed by atoms with Crippen molar-refractivity contribution in [3.05, 3.63) is 83.5 Å². The van der Waals surface area contributed by atoms with Crippen LogP contribution in [0.5, 0.6) is 0 Å². The summed E-state index contributed by atoms with van der Waals surface area (Å²) in [5.74, 6) is -7.84. The van der Waals surface area contributed by atoms with Crippen LogP contribution in [0.1, 0.15) is 131 Å². The van der Waals surface area contributed by atoms with Crippen LogP contribution in [0.3, 0.4) is 0 Å². The molecule has 1 aromatic carbocycles. The van der Waals surface area contributed by atoms with Gasteiger partial charge in [0.25, 0.3) is 11.7 Å². The second kappa shape index (κ2) is 27.9. The first kappa shape index (κ1) is 58.7. The van der Waals surface area contributed by atoms with Crippen molar-refractivity contribution in [2.24, 2.45) is 35.5 Å². The first-order valence-electron chi connectivity index (χ1n) is 26.5. The number of cyclic esters (lactones) is 1. The number of aliphatic hydroxyl groups excluding tert-OH is 1. The molecule has 1 amide bonds. The molecule has 1 aliphatic carbocycles. The molecule has 14 heteroatoms. The number of allylic oxidation sites excluding steroid dienone is 6. The molecule has 0 spiro atoms. The lowest BCUT2D eigenvalue weighted by atomic mass is 9.78. The average Bonchev–Trinajstić information content (AvgIpc) is 3.37. The number of amides is 1. The zero-order valence-electron chi connectivity index (χ0n) is 44.7. The normalized spacial score (nSPS) is 37.6. The minimum Gasteiger partial charge on any atom is -0.460 e. The quantitative estimate of drug-likeness (QED) is 0.137. The Labute approximate surface area is 428 Å². The first-order chi connectivity index (χ1) is 34.3. The third kappa shape index (κ3) is 15.7. The van der Waals surface area contributed by atoms with Gasteiger partial charge in [0.15, 0.2) is 5.78 Å². The Balaban J connectivity index is 1.44. The van der Waals surface area contributed by atoms with E-state index in [1.807, 2.05) is 88.4 Å². The Morgan fingerprint density at radius 3 is 2.25 bits per heavy atom. The number of carbonyl (C=O) groups is 5. The molecule has 14 nitrogen and oxygen atoms in total. The van der Waals surface area contributed by atoms with Gasteiger partial charge in [-0.05, 0) is 113 Å². The molecule has 5 rings (SSSR count). The predicted octanol–water partition coefficient (Wildman–Crippen LogP) is 8.41. The molecule has 0 radical (unpaired) electrons. The summed E-state index contributed by atoms with van der Waals surface area (Å²) in [6, 6.07) is 8.85. The van der Waals surface area contributed by atoms with Crippen LogP contribution in [0.2, 0.25) is 0 Å². The van der Waals surface area contributed by atoms with Gasteiger partial charge in [-0.1, -0.05) is 101 Å². The summed E-state index contributed by atoms with van der Waals surface area (Å²) in [6.45, 7) is 13.3. The highest BCUT2D eigenvalue weighted by Gasteiger charge is 2.53. The number of carbonyl (C=O) groups excluding carboxylic acids is 5. The van der Waals surface area contributed by atoms with Crippen LogP contribution in [-0.2, 0) is 59.0 Å². The molecule has 1 aromatic rings. The third-order valence-electron chi connectivity index (χ3n) is 15.8. The molecule has 3 fully saturated rings. The number of hydrogen-bond acceptors (Lipinski definition) is 13. The highest BCUT2D eigenvalue weighted by Crippen LogP contribution is 2.38. The van der Waals surface area contributed by atoms with Crippen molar-refractivity contribution in [1.29, 1.82) is 0 Å². The van der Waals surface area contributed by atoms with E-state index in [9.17, 15) is 34.2 Å². The molecular formula is C58H85NO13. The molecule has 1 saturated carbocycles. The maximum absolute atomic E-state index is 14.6. The molecule has 0 aromatic heterocycles. The maximum atomic E-state index is 14.6. The topological polar surface area (TPSA) is 184 Å². The lowest BCUT2D eigenvalue weighted by Gasteiger charge is -2.42. The number of fused-ring (bicyclic) bond motifs is 3. The van der Waals surface area contributed by atoms with Crippen molar-refractivity contribution in [3.63, 3.8) is 0 Å². The van der Waals surface area contributed by atoms with E-state index in [1.165, 1.54) is 12.0 Å². The van der Waals surface area contributed by atoms with Gasteiger partial charge in [-0.3, -0.25) is 19.2 Å². The van der Waals surface area contributed by atoms with E-state index in [0.29, 0.717) is 63.5 Å².